The van der Waals surface area contributed by atoms with Crippen molar-refractivity contribution in [2.24, 2.45) is 5.73 Å². The highest BCUT2D eigenvalue weighted by molar-refractivity contribution is 5.75. The summed E-state index contributed by atoms with van der Waals surface area (Å²) in [5, 5.41) is 0. The van der Waals surface area contributed by atoms with Gasteiger partial charge in [-0.25, -0.2) is 8.97 Å². The van der Waals surface area contributed by atoms with E-state index >= 15 is 0 Å². The summed E-state index contributed by atoms with van der Waals surface area (Å²) in [6.45, 7) is 0.171. The molecule has 0 saturated carbocycles. The van der Waals surface area contributed by atoms with Crippen LogP contribution in [0.15, 0.2) is 60.9 Å². The molecule has 2 heterocycles. The van der Waals surface area contributed by atoms with Crippen LogP contribution in [0.1, 0.15) is 0 Å². The van der Waals surface area contributed by atoms with Gasteiger partial charge < -0.3 is 22.7 Å². The van der Waals surface area contributed by atoms with Crippen LogP contribution in [0.25, 0.3) is 16.9 Å². The van der Waals surface area contributed by atoms with Gasteiger partial charge in [-0.3, -0.25) is 4.79 Å². The average molecular weight is 332 g/mol. The Morgan fingerprint density at radius 1 is 1.10 bits per heavy atom. The maximum Gasteiger partial charge on any atom is 0.287 e. The lowest BCUT2D eigenvalue weighted by molar-refractivity contribution is -0.510. The Balaban J connectivity index is 0.00000147. The van der Waals surface area contributed by atoms with Gasteiger partial charge in [0.05, 0.1) is 6.20 Å². The van der Waals surface area contributed by atoms with Crippen LogP contribution in [0, 0.1) is 0 Å². The van der Waals surface area contributed by atoms with E-state index in [-0.39, 0.29) is 29.4 Å². The molecule has 102 valence electrons. The molecule has 5 heteroatoms. The number of carbonyl (C=O) groups excluding carboxylic acids is 1. The van der Waals surface area contributed by atoms with Crippen molar-refractivity contribution in [1.82, 2.24) is 4.57 Å². The Morgan fingerprint density at radius 3 is 2.50 bits per heavy atom. The van der Waals surface area contributed by atoms with E-state index in [9.17, 15) is 4.79 Å². The third-order valence-electron chi connectivity index (χ3n) is 3.08. The van der Waals surface area contributed by atoms with Crippen molar-refractivity contribution >= 4 is 11.6 Å². The highest BCUT2D eigenvalue weighted by Crippen LogP contribution is 2.20. The second kappa shape index (κ2) is 5.88. The van der Waals surface area contributed by atoms with Gasteiger partial charge in [0, 0.05) is 11.6 Å². The summed E-state index contributed by atoms with van der Waals surface area (Å²) in [5.41, 5.74) is 8.34. The second-order valence-electron chi connectivity index (χ2n) is 4.40. The van der Waals surface area contributed by atoms with Crippen molar-refractivity contribution in [3.8, 4) is 11.3 Å². The zero-order valence-corrected chi connectivity index (χ0v) is 12.3. The number of carbonyl (C=O) groups is 1. The number of nitrogens with zero attached hydrogens (tertiary/aromatic N) is 2. The lowest BCUT2D eigenvalue weighted by atomic mass is 10.2. The van der Waals surface area contributed by atoms with Crippen molar-refractivity contribution in [2.45, 2.75) is 6.54 Å². The van der Waals surface area contributed by atoms with E-state index in [2.05, 4.69) is 0 Å². The Hall–Kier alpha value is -2.14. The number of primary amides is 1. The Labute approximate surface area is 127 Å². The normalized spacial score (nSPS) is 10.2. The van der Waals surface area contributed by atoms with E-state index in [1.54, 1.807) is 0 Å². The lowest BCUT2D eigenvalue weighted by Crippen LogP contribution is -3.00. The highest BCUT2D eigenvalue weighted by atomic mass is 79.9. The fourth-order valence-corrected chi connectivity index (χ4v) is 2.27. The summed E-state index contributed by atoms with van der Waals surface area (Å²) < 4.78 is 3.92. The predicted octanol–water partition coefficient (Wildman–Crippen LogP) is -1.62. The van der Waals surface area contributed by atoms with E-state index < -0.39 is 0 Å². The number of pyridine rings is 1. The number of nitrogens with two attached hydrogens (primary N) is 1. The molecule has 3 aromatic rings. The minimum Gasteiger partial charge on any atom is -1.00 e. The molecule has 0 atom stereocenters. The number of imidazole rings is 1. The predicted molar refractivity (Wildman–Crippen MR) is 72.2 cm³/mol. The van der Waals surface area contributed by atoms with E-state index in [1.165, 1.54) is 0 Å². The van der Waals surface area contributed by atoms with Crippen LogP contribution in [0.2, 0.25) is 0 Å². The number of halogens is 1. The van der Waals surface area contributed by atoms with Crippen molar-refractivity contribution in [3.63, 3.8) is 0 Å². The molecular weight excluding hydrogens is 318 g/mol. The van der Waals surface area contributed by atoms with Crippen LogP contribution in [-0.2, 0) is 11.3 Å². The number of rotatable bonds is 3. The molecule has 2 N–H and O–H groups in total. The van der Waals surface area contributed by atoms with Crippen LogP contribution in [-0.4, -0.2) is 10.5 Å². The van der Waals surface area contributed by atoms with Crippen molar-refractivity contribution in [1.29, 1.82) is 0 Å². The van der Waals surface area contributed by atoms with E-state index in [0.29, 0.717) is 0 Å². The smallest absolute Gasteiger partial charge is 0.287 e. The average Bonchev–Trinajstić information content (AvgIpc) is 2.78. The number of fused-ring (bicyclic) bond motifs is 1. The maximum atomic E-state index is 11.3. The molecule has 0 saturated heterocycles. The van der Waals surface area contributed by atoms with Gasteiger partial charge in [-0.1, -0.05) is 36.4 Å². The molecule has 0 aliphatic carbocycles. The zero-order valence-electron chi connectivity index (χ0n) is 10.7. The summed E-state index contributed by atoms with van der Waals surface area (Å²) in [6, 6.07) is 15.8. The fourth-order valence-electron chi connectivity index (χ4n) is 2.27. The highest BCUT2D eigenvalue weighted by Gasteiger charge is 2.19. The molecule has 0 fully saturated rings. The zero-order chi connectivity index (χ0) is 13.2. The van der Waals surface area contributed by atoms with Gasteiger partial charge >= 0.3 is 0 Å². The molecular formula is C15H14BrN3O. The number of hydrogen-bond acceptors (Lipinski definition) is 1. The summed E-state index contributed by atoms with van der Waals surface area (Å²) in [5.74, 6) is -0.348. The van der Waals surface area contributed by atoms with Crippen LogP contribution in [0.5, 0.6) is 0 Å². The SMILES string of the molecule is NC(=O)Cn1c(-c2ccccc2)c[n+]2ccccc12.[Br-]. The van der Waals surface area contributed by atoms with Gasteiger partial charge in [0.1, 0.15) is 6.20 Å². The molecule has 1 aromatic carbocycles. The molecule has 3 rings (SSSR count). The number of aromatic nitrogens is 2. The fraction of sp³-hybridized carbons (Fsp3) is 0.0667. The summed E-state index contributed by atoms with van der Waals surface area (Å²) in [7, 11) is 0. The molecule has 1 amide bonds. The minimum absolute atomic E-state index is 0. The first-order valence-electron chi connectivity index (χ1n) is 6.09. The number of hydrogen-bond donors (Lipinski definition) is 1. The van der Waals surface area contributed by atoms with Crippen LogP contribution < -0.4 is 27.1 Å². The van der Waals surface area contributed by atoms with Crippen molar-refractivity contribution in [3.05, 3.63) is 60.9 Å². The van der Waals surface area contributed by atoms with Crippen molar-refractivity contribution < 1.29 is 26.2 Å². The van der Waals surface area contributed by atoms with Gasteiger partial charge in [-0.05, 0) is 6.07 Å². The quantitative estimate of drug-likeness (QED) is 0.576. The van der Waals surface area contributed by atoms with E-state index in [4.69, 9.17) is 5.73 Å². The van der Waals surface area contributed by atoms with Gasteiger partial charge in [0.2, 0.25) is 0 Å². The third-order valence-corrected chi connectivity index (χ3v) is 3.08. The second-order valence-corrected chi connectivity index (χ2v) is 4.40. The summed E-state index contributed by atoms with van der Waals surface area (Å²) in [6.07, 6.45) is 3.97. The van der Waals surface area contributed by atoms with Crippen LogP contribution in [0.4, 0.5) is 0 Å². The Bertz CT molecular complexity index is 737. The summed E-state index contributed by atoms with van der Waals surface area (Å²) in [4.78, 5) is 11.3. The molecule has 0 bridgehead atoms. The van der Waals surface area contributed by atoms with E-state index in [1.807, 2.05) is 69.9 Å². The molecule has 0 unspecified atom stereocenters. The van der Waals surface area contributed by atoms with Gasteiger partial charge in [-0.15, -0.1) is 0 Å². The minimum atomic E-state index is -0.348. The summed E-state index contributed by atoms with van der Waals surface area (Å²) >= 11 is 0. The number of amides is 1. The molecule has 0 spiro atoms. The maximum absolute atomic E-state index is 11.3. The standard InChI is InChI=1S/C15H13N3O.BrH/c16-14(19)11-18-13(12-6-2-1-3-7-12)10-17-9-5-4-8-15(17)18;/h1-10H,11H2,(H-,16,19);1H. The Morgan fingerprint density at radius 2 is 1.80 bits per heavy atom. The van der Waals surface area contributed by atoms with Crippen LogP contribution in [0.3, 0.4) is 0 Å². The van der Waals surface area contributed by atoms with Gasteiger partial charge in [-0.2, -0.15) is 0 Å². The molecule has 4 nitrogen and oxygen atoms in total. The van der Waals surface area contributed by atoms with Gasteiger partial charge in [0.25, 0.3) is 11.6 Å². The molecule has 0 aliphatic heterocycles. The van der Waals surface area contributed by atoms with Crippen molar-refractivity contribution in [2.75, 3.05) is 0 Å². The molecule has 2 aromatic heterocycles. The first kappa shape index (κ1) is 14.3. The topological polar surface area (TPSA) is 52.1 Å². The van der Waals surface area contributed by atoms with E-state index in [0.717, 1.165) is 16.9 Å². The first-order chi connectivity index (χ1) is 9.25. The van der Waals surface area contributed by atoms with Gasteiger partial charge in [0.15, 0.2) is 12.2 Å². The Kier molecular flexibility index (Phi) is 4.20. The molecule has 0 radical (unpaired) electrons. The largest absolute Gasteiger partial charge is 1.00 e. The molecule has 0 aliphatic rings. The lowest BCUT2D eigenvalue weighted by Gasteiger charge is -2.00. The first-order valence-corrected chi connectivity index (χ1v) is 6.09. The van der Waals surface area contributed by atoms with Crippen LogP contribution >= 0.6 is 0 Å². The molecule has 20 heavy (non-hydrogen) atoms. The third kappa shape index (κ3) is 2.58. The monoisotopic (exact) mass is 331 g/mol. The number of benzene rings is 1.